The van der Waals surface area contributed by atoms with Crippen LogP contribution in [0.2, 0.25) is 0 Å². The van der Waals surface area contributed by atoms with Crippen molar-refractivity contribution in [1.29, 1.82) is 0 Å². The first-order chi connectivity index (χ1) is 10.1. The number of nitro benzene ring substituents is 1. The zero-order valence-electron chi connectivity index (χ0n) is 11.4. The number of nitro groups is 1. The minimum atomic E-state index is -0.389. The summed E-state index contributed by atoms with van der Waals surface area (Å²) >= 11 is 3.32. The average Bonchev–Trinajstić information content (AvgIpc) is 2.46. The molecule has 1 aromatic heterocycles. The SMILES string of the molecule is CCOc1ccc(NCc2cc(Br)ccc2[N+](=O)[O-])cn1. The summed E-state index contributed by atoms with van der Waals surface area (Å²) in [6, 6.07) is 8.44. The lowest BCUT2D eigenvalue weighted by atomic mass is 10.2. The van der Waals surface area contributed by atoms with Crippen molar-refractivity contribution in [2.45, 2.75) is 13.5 Å². The quantitative estimate of drug-likeness (QED) is 0.633. The monoisotopic (exact) mass is 351 g/mol. The minimum absolute atomic E-state index is 0.0876. The first kappa shape index (κ1) is 15.2. The Kier molecular flexibility index (Phi) is 5.10. The third kappa shape index (κ3) is 4.16. The lowest BCUT2D eigenvalue weighted by Crippen LogP contribution is -2.04. The van der Waals surface area contributed by atoms with Gasteiger partial charge in [-0.15, -0.1) is 0 Å². The molecule has 21 heavy (non-hydrogen) atoms. The van der Waals surface area contributed by atoms with Crippen LogP contribution in [-0.4, -0.2) is 16.5 Å². The van der Waals surface area contributed by atoms with Gasteiger partial charge in [-0.3, -0.25) is 10.1 Å². The van der Waals surface area contributed by atoms with E-state index in [0.29, 0.717) is 24.6 Å². The molecule has 0 amide bonds. The van der Waals surface area contributed by atoms with Gasteiger partial charge < -0.3 is 10.1 Å². The molecule has 0 bridgehead atoms. The summed E-state index contributed by atoms with van der Waals surface area (Å²) in [5.74, 6) is 0.552. The maximum atomic E-state index is 11.0. The number of hydrogen-bond acceptors (Lipinski definition) is 5. The van der Waals surface area contributed by atoms with E-state index in [4.69, 9.17) is 4.74 Å². The number of rotatable bonds is 6. The van der Waals surface area contributed by atoms with Crippen LogP contribution < -0.4 is 10.1 Å². The van der Waals surface area contributed by atoms with Crippen LogP contribution in [0.15, 0.2) is 41.0 Å². The lowest BCUT2D eigenvalue weighted by Gasteiger charge is -2.08. The van der Waals surface area contributed by atoms with E-state index in [1.165, 1.54) is 6.07 Å². The zero-order valence-corrected chi connectivity index (χ0v) is 13.0. The van der Waals surface area contributed by atoms with Gasteiger partial charge >= 0.3 is 0 Å². The number of pyridine rings is 1. The molecule has 1 aromatic carbocycles. The third-order valence-corrected chi connectivity index (χ3v) is 3.24. The number of halogens is 1. The molecule has 0 spiro atoms. The van der Waals surface area contributed by atoms with E-state index >= 15 is 0 Å². The average molecular weight is 352 g/mol. The van der Waals surface area contributed by atoms with Crippen LogP contribution in [0.1, 0.15) is 12.5 Å². The van der Waals surface area contributed by atoms with Crippen molar-refractivity contribution in [2.75, 3.05) is 11.9 Å². The van der Waals surface area contributed by atoms with Gasteiger partial charge in [0.1, 0.15) is 0 Å². The topological polar surface area (TPSA) is 77.3 Å². The molecule has 0 saturated carbocycles. The van der Waals surface area contributed by atoms with Crippen molar-refractivity contribution in [1.82, 2.24) is 4.98 Å². The van der Waals surface area contributed by atoms with Crippen LogP contribution in [-0.2, 0) is 6.54 Å². The number of aromatic nitrogens is 1. The number of benzene rings is 1. The van der Waals surface area contributed by atoms with Gasteiger partial charge in [-0.2, -0.15) is 0 Å². The number of nitrogens with zero attached hydrogens (tertiary/aromatic N) is 2. The van der Waals surface area contributed by atoms with Crippen molar-refractivity contribution in [3.63, 3.8) is 0 Å². The first-order valence-corrected chi connectivity index (χ1v) is 7.15. The highest BCUT2D eigenvalue weighted by Crippen LogP contribution is 2.24. The van der Waals surface area contributed by atoms with Crippen LogP contribution in [0.4, 0.5) is 11.4 Å². The highest BCUT2D eigenvalue weighted by Gasteiger charge is 2.13. The summed E-state index contributed by atoms with van der Waals surface area (Å²) in [6.45, 7) is 2.79. The second-order valence-electron chi connectivity index (χ2n) is 4.20. The summed E-state index contributed by atoms with van der Waals surface area (Å²) in [4.78, 5) is 14.7. The van der Waals surface area contributed by atoms with Gasteiger partial charge in [-0.05, 0) is 25.1 Å². The van der Waals surface area contributed by atoms with Crippen LogP contribution in [0, 0.1) is 10.1 Å². The Labute approximate surface area is 130 Å². The summed E-state index contributed by atoms with van der Waals surface area (Å²) in [7, 11) is 0. The molecule has 110 valence electrons. The molecule has 2 rings (SSSR count). The maximum absolute atomic E-state index is 11.0. The fraction of sp³-hybridized carbons (Fsp3) is 0.214. The van der Waals surface area contributed by atoms with Gasteiger partial charge in [-0.25, -0.2) is 4.98 Å². The zero-order chi connectivity index (χ0) is 15.2. The largest absolute Gasteiger partial charge is 0.478 e. The Hall–Kier alpha value is -2.15. The smallest absolute Gasteiger partial charge is 0.274 e. The van der Waals surface area contributed by atoms with Crippen molar-refractivity contribution in [3.8, 4) is 5.88 Å². The normalized spacial score (nSPS) is 10.2. The Bertz CT molecular complexity index is 632. The number of ether oxygens (including phenoxy) is 1. The fourth-order valence-electron chi connectivity index (χ4n) is 1.79. The molecule has 6 nitrogen and oxygen atoms in total. The van der Waals surface area contributed by atoms with E-state index in [-0.39, 0.29) is 10.6 Å². The fourth-order valence-corrected chi connectivity index (χ4v) is 2.20. The van der Waals surface area contributed by atoms with Crippen LogP contribution in [0.25, 0.3) is 0 Å². The Morgan fingerprint density at radius 2 is 2.19 bits per heavy atom. The van der Waals surface area contributed by atoms with E-state index in [1.54, 1.807) is 24.4 Å². The van der Waals surface area contributed by atoms with Crippen LogP contribution >= 0.6 is 15.9 Å². The summed E-state index contributed by atoms with van der Waals surface area (Å²) in [5, 5.41) is 14.1. The van der Waals surface area contributed by atoms with Crippen molar-refractivity contribution in [3.05, 3.63) is 56.7 Å². The standard InChI is InChI=1S/C14H14BrN3O3/c1-2-21-14-6-4-12(9-17-14)16-8-10-7-11(15)3-5-13(10)18(19)20/h3-7,9,16H,2,8H2,1H3. The lowest BCUT2D eigenvalue weighted by molar-refractivity contribution is -0.385. The van der Waals surface area contributed by atoms with E-state index in [9.17, 15) is 10.1 Å². The second kappa shape index (κ2) is 7.03. The number of nitrogens with one attached hydrogen (secondary N) is 1. The number of anilines is 1. The van der Waals surface area contributed by atoms with Crippen molar-refractivity contribution < 1.29 is 9.66 Å². The molecule has 1 N–H and O–H groups in total. The van der Waals surface area contributed by atoms with Gasteiger partial charge in [0.25, 0.3) is 5.69 Å². The molecular formula is C14H14BrN3O3. The van der Waals surface area contributed by atoms with E-state index in [0.717, 1.165) is 10.2 Å². The predicted molar refractivity (Wildman–Crippen MR) is 83.5 cm³/mol. The molecule has 0 aliphatic carbocycles. The molecule has 0 unspecified atom stereocenters. The molecule has 0 radical (unpaired) electrons. The van der Waals surface area contributed by atoms with E-state index in [2.05, 4.69) is 26.2 Å². The molecule has 0 aliphatic heterocycles. The molecular weight excluding hydrogens is 338 g/mol. The van der Waals surface area contributed by atoms with E-state index in [1.807, 2.05) is 13.0 Å². The Balaban J connectivity index is 2.08. The number of hydrogen-bond donors (Lipinski definition) is 1. The molecule has 1 heterocycles. The summed E-state index contributed by atoms with van der Waals surface area (Å²) in [5.41, 5.74) is 1.46. The Morgan fingerprint density at radius 1 is 1.38 bits per heavy atom. The second-order valence-corrected chi connectivity index (χ2v) is 5.12. The van der Waals surface area contributed by atoms with Gasteiger partial charge in [0.2, 0.25) is 5.88 Å². The highest BCUT2D eigenvalue weighted by atomic mass is 79.9. The Morgan fingerprint density at radius 3 is 2.81 bits per heavy atom. The van der Waals surface area contributed by atoms with Crippen molar-refractivity contribution >= 4 is 27.3 Å². The summed E-state index contributed by atoms with van der Waals surface area (Å²) in [6.07, 6.45) is 1.63. The third-order valence-electron chi connectivity index (χ3n) is 2.75. The first-order valence-electron chi connectivity index (χ1n) is 6.35. The minimum Gasteiger partial charge on any atom is -0.478 e. The summed E-state index contributed by atoms with van der Waals surface area (Å²) < 4.78 is 6.06. The van der Waals surface area contributed by atoms with Gasteiger partial charge in [-0.1, -0.05) is 15.9 Å². The van der Waals surface area contributed by atoms with Crippen molar-refractivity contribution in [2.24, 2.45) is 0 Å². The predicted octanol–water partition coefficient (Wildman–Crippen LogP) is 3.76. The molecule has 7 heteroatoms. The van der Waals surface area contributed by atoms with Gasteiger partial charge in [0, 0.05) is 28.7 Å². The van der Waals surface area contributed by atoms with Gasteiger partial charge in [0.05, 0.1) is 23.4 Å². The highest BCUT2D eigenvalue weighted by molar-refractivity contribution is 9.10. The molecule has 0 atom stereocenters. The molecule has 0 saturated heterocycles. The molecule has 2 aromatic rings. The van der Waals surface area contributed by atoms with Crippen LogP contribution in [0.3, 0.4) is 0 Å². The maximum Gasteiger partial charge on any atom is 0.274 e. The van der Waals surface area contributed by atoms with Crippen LogP contribution in [0.5, 0.6) is 5.88 Å². The van der Waals surface area contributed by atoms with E-state index < -0.39 is 0 Å². The van der Waals surface area contributed by atoms with Gasteiger partial charge in [0.15, 0.2) is 0 Å². The molecule has 0 fully saturated rings. The molecule has 0 aliphatic rings.